The highest BCUT2D eigenvalue weighted by atomic mass is 79.9. The van der Waals surface area contributed by atoms with Crippen LogP contribution in [0.5, 0.6) is 11.6 Å². The average molecular weight is 795 g/mol. The minimum absolute atomic E-state index is 0.0211. The number of amides is 4. The summed E-state index contributed by atoms with van der Waals surface area (Å²) < 4.78 is 45.2. The minimum Gasteiger partial charge on any atom is -0.493 e. The van der Waals surface area contributed by atoms with Gasteiger partial charge < -0.3 is 29.7 Å². The van der Waals surface area contributed by atoms with E-state index in [1.54, 1.807) is 41.5 Å². The molecule has 1 aliphatic carbocycles. The molecular weight excluding hydrogens is 746 g/mol. The number of halogens is 1. The summed E-state index contributed by atoms with van der Waals surface area (Å²) in [7, 11) is -2.41. The molecule has 1 saturated carbocycles. The van der Waals surface area contributed by atoms with Crippen LogP contribution in [0.2, 0.25) is 0 Å². The van der Waals surface area contributed by atoms with E-state index in [9.17, 15) is 27.6 Å². The number of rotatable bonds is 12. The van der Waals surface area contributed by atoms with Crippen molar-refractivity contribution in [2.24, 2.45) is 5.41 Å². The molecule has 2 heterocycles. The lowest BCUT2D eigenvalue weighted by Crippen LogP contribution is -2.62. The smallest absolute Gasteiger partial charge is 0.408 e. The average Bonchev–Trinajstić information content (AvgIpc) is 3.79. The zero-order valence-corrected chi connectivity index (χ0v) is 32.7. The lowest BCUT2D eigenvalue weighted by Gasteiger charge is -2.36. The second kappa shape index (κ2) is 15.0. The van der Waals surface area contributed by atoms with E-state index in [0.717, 1.165) is 5.39 Å². The highest BCUT2D eigenvalue weighted by Gasteiger charge is 2.49. The minimum atomic E-state index is -3.93. The van der Waals surface area contributed by atoms with E-state index in [2.05, 4.69) is 42.8 Å². The fourth-order valence-electron chi connectivity index (χ4n) is 5.78. The normalized spacial score (nSPS) is 19.7. The lowest BCUT2D eigenvalue weighted by molar-refractivity contribution is -0.143. The fourth-order valence-corrected chi connectivity index (χ4v) is 7.73. The standard InChI is InChI=1S/C35H48BrN5O9S/c1-10-17-35(8,31(44)40-51(46,47)21-15-16-21)39-28(42)24-18-20(49-29-23-14-12-11-13-22(23)25(48-9)27(36)38-29)19-41(24)30(43)26(33(2,3)4)37-32(45)50-34(5,6)7/h10-14,20-21,24,26H,1,15-19H2,2-9H3,(H,37,45)(H,39,42)(H,40,44). The van der Waals surface area contributed by atoms with Crippen LogP contribution in [0.15, 0.2) is 41.5 Å². The van der Waals surface area contributed by atoms with Crippen molar-refractivity contribution >= 4 is 60.5 Å². The van der Waals surface area contributed by atoms with Crippen molar-refractivity contribution < 1.29 is 41.8 Å². The Labute approximate surface area is 307 Å². The number of carbonyl (C=O) groups excluding carboxylic acids is 4. The van der Waals surface area contributed by atoms with Gasteiger partial charge in [0.05, 0.1) is 18.9 Å². The van der Waals surface area contributed by atoms with Gasteiger partial charge in [-0.05, 0) is 74.4 Å². The first-order chi connectivity index (χ1) is 23.6. The molecule has 14 nitrogen and oxygen atoms in total. The number of fused-ring (bicyclic) bond motifs is 1. The molecule has 280 valence electrons. The van der Waals surface area contributed by atoms with Crippen molar-refractivity contribution in [2.75, 3.05) is 13.7 Å². The third-order valence-electron chi connectivity index (χ3n) is 8.55. The van der Waals surface area contributed by atoms with Gasteiger partial charge in [0.25, 0.3) is 5.91 Å². The van der Waals surface area contributed by atoms with Crippen molar-refractivity contribution in [3.63, 3.8) is 0 Å². The maximum Gasteiger partial charge on any atom is 0.408 e. The summed E-state index contributed by atoms with van der Waals surface area (Å²) in [5.74, 6) is -1.50. The molecule has 2 aromatic rings. The topological polar surface area (TPSA) is 182 Å². The molecule has 2 aliphatic rings. The number of hydrogen-bond donors (Lipinski definition) is 3. The fraction of sp³-hybridized carbons (Fsp3) is 0.571. The highest BCUT2D eigenvalue weighted by Crippen LogP contribution is 2.38. The van der Waals surface area contributed by atoms with Gasteiger partial charge in [-0.1, -0.05) is 45.0 Å². The molecule has 0 bridgehead atoms. The van der Waals surface area contributed by atoms with E-state index in [-0.39, 0.29) is 25.3 Å². The van der Waals surface area contributed by atoms with Gasteiger partial charge in [0.15, 0.2) is 10.4 Å². The number of pyridine rings is 1. The summed E-state index contributed by atoms with van der Waals surface area (Å²) in [4.78, 5) is 60.9. The van der Waals surface area contributed by atoms with Gasteiger partial charge in [-0.15, -0.1) is 6.58 Å². The molecule has 1 aliphatic heterocycles. The van der Waals surface area contributed by atoms with E-state index in [0.29, 0.717) is 28.6 Å². The van der Waals surface area contributed by atoms with Gasteiger partial charge in [-0.3, -0.25) is 19.1 Å². The van der Waals surface area contributed by atoms with Gasteiger partial charge >= 0.3 is 6.09 Å². The number of sulfonamides is 1. The largest absolute Gasteiger partial charge is 0.493 e. The van der Waals surface area contributed by atoms with Crippen molar-refractivity contribution in [3.05, 3.63) is 41.5 Å². The molecule has 4 unspecified atom stereocenters. The first-order valence-corrected chi connectivity index (χ1v) is 19.0. The molecule has 1 saturated heterocycles. The first kappa shape index (κ1) is 39.9. The van der Waals surface area contributed by atoms with Crippen LogP contribution in [0, 0.1) is 5.41 Å². The summed E-state index contributed by atoms with van der Waals surface area (Å²) in [5, 5.41) is 6.08. The molecule has 1 aromatic heterocycles. The quantitative estimate of drug-likeness (QED) is 0.206. The number of aromatic nitrogens is 1. The summed E-state index contributed by atoms with van der Waals surface area (Å²) in [5.41, 5.74) is -3.40. The molecule has 16 heteroatoms. The van der Waals surface area contributed by atoms with Gasteiger partial charge in [0, 0.05) is 17.2 Å². The Hall–Kier alpha value is -3.92. The van der Waals surface area contributed by atoms with E-state index in [1.807, 2.05) is 24.3 Å². The van der Waals surface area contributed by atoms with E-state index >= 15 is 0 Å². The Bertz CT molecular complexity index is 1800. The zero-order valence-electron chi connectivity index (χ0n) is 30.3. The zero-order chi connectivity index (χ0) is 38.1. The molecule has 4 atom stereocenters. The second-order valence-electron chi connectivity index (χ2n) is 15.2. The molecular formula is C35H48BrN5O9S. The van der Waals surface area contributed by atoms with Crippen LogP contribution < -0.4 is 24.8 Å². The third kappa shape index (κ3) is 9.50. The van der Waals surface area contributed by atoms with Gasteiger partial charge in [-0.25, -0.2) is 18.2 Å². The number of alkyl carbamates (subject to hydrolysis) is 1. The Balaban J connectivity index is 1.70. The number of nitrogens with zero attached hydrogens (tertiary/aromatic N) is 2. The molecule has 1 aromatic carbocycles. The lowest BCUT2D eigenvalue weighted by atomic mass is 9.85. The molecule has 0 radical (unpaired) electrons. The monoisotopic (exact) mass is 793 g/mol. The van der Waals surface area contributed by atoms with Crippen molar-refractivity contribution in [3.8, 4) is 11.6 Å². The number of hydrogen-bond acceptors (Lipinski definition) is 10. The molecule has 4 rings (SSSR count). The van der Waals surface area contributed by atoms with E-state index in [4.69, 9.17) is 14.2 Å². The van der Waals surface area contributed by atoms with Crippen molar-refractivity contribution in [2.45, 2.75) is 109 Å². The summed E-state index contributed by atoms with van der Waals surface area (Å²) >= 11 is 3.44. The SMILES string of the molecule is C=CCC(C)(NC(=O)C1CC(Oc2nc(Br)c(OC)c3ccccc23)CN1C(=O)C(NC(=O)OC(C)(C)C)C(C)(C)C)C(=O)NS(=O)(=O)C1CC1. The van der Waals surface area contributed by atoms with Crippen LogP contribution in [-0.2, 0) is 29.1 Å². The number of nitrogens with one attached hydrogen (secondary N) is 3. The van der Waals surface area contributed by atoms with Crippen molar-refractivity contribution in [1.29, 1.82) is 0 Å². The van der Waals surface area contributed by atoms with Crippen LogP contribution in [0.1, 0.15) is 74.1 Å². The van der Waals surface area contributed by atoms with Crippen LogP contribution in [0.25, 0.3) is 10.8 Å². The third-order valence-corrected chi connectivity index (χ3v) is 10.9. The predicted molar refractivity (Wildman–Crippen MR) is 195 cm³/mol. The highest BCUT2D eigenvalue weighted by molar-refractivity contribution is 9.10. The Morgan fingerprint density at radius 1 is 1.08 bits per heavy atom. The van der Waals surface area contributed by atoms with Gasteiger partial charge in [0.2, 0.25) is 27.7 Å². The van der Waals surface area contributed by atoms with Crippen LogP contribution in [0.4, 0.5) is 4.79 Å². The van der Waals surface area contributed by atoms with Crippen LogP contribution in [0.3, 0.4) is 0 Å². The predicted octanol–water partition coefficient (Wildman–Crippen LogP) is 4.35. The molecule has 3 N–H and O–H groups in total. The molecule has 4 amide bonds. The number of ether oxygens (including phenoxy) is 3. The molecule has 51 heavy (non-hydrogen) atoms. The first-order valence-electron chi connectivity index (χ1n) is 16.7. The number of methoxy groups -OCH3 is 1. The summed E-state index contributed by atoms with van der Waals surface area (Å²) in [6.07, 6.45) is 0.571. The maximum atomic E-state index is 14.5. The summed E-state index contributed by atoms with van der Waals surface area (Å²) in [6.45, 7) is 15.4. The van der Waals surface area contributed by atoms with E-state index < -0.39 is 73.8 Å². The Morgan fingerprint density at radius 2 is 1.71 bits per heavy atom. The molecule has 0 spiro atoms. The summed E-state index contributed by atoms with van der Waals surface area (Å²) in [6, 6.07) is 4.98. The maximum absolute atomic E-state index is 14.5. The number of carbonyl (C=O) groups is 4. The molecule has 2 fully saturated rings. The number of likely N-dealkylation sites (tertiary alicyclic amines) is 1. The van der Waals surface area contributed by atoms with Gasteiger partial charge in [0.1, 0.15) is 29.3 Å². The number of benzene rings is 1. The Kier molecular flexibility index (Phi) is 11.7. The van der Waals surface area contributed by atoms with Crippen LogP contribution in [-0.4, -0.2) is 90.3 Å². The van der Waals surface area contributed by atoms with E-state index in [1.165, 1.54) is 25.0 Å². The van der Waals surface area contributed by atoms with Crippen molar-refractivity contribution in [1.82, 2.24) is 25.2 Å². The Morgan fingerprint density at radius 3 is 2.25 bits per heavy atom. The van der Waals surface area contributed by atoms with Crippen LogP contribution >= 0.6 is 15.9 Å². The second-order valence-corrected chi connectivity index (χ2v) is 17.9. The van der Waals surface area contributed by atoms with Gasteiger partial charge in [-0.2, -0.15) is 0 Å².